The summed E-state index contributed by atoms with van der Waals surface area (Å²) < 4.78 is 0. The van der Waals surface area contributed by atoms with Crippen LogP contribution in [-0.2, 0) is 5.41 Å². The maximum absolute atomic E-state index is 9.77. The summed E-state index contributed by atoms with van der Waals surface area (Å²) in [6.45, 7) is 9.31. The summed E-state index contributed by atoms with van der Waals surface area (Å²) in [6.07, 6.45) is 6.80. The fraction of sp³-hybridized carbons (Fsp3) is 0.529. The summed E-state index contributed by atoms with van der Waals surface area (Å²) in [5.74, 6) is 0.383. The zero-order chi connectivity index (χ0) is 13.7. The first kappa shape index (κ1) is 17.1. The highest BCUT2D eigenvalue weighted by atomic mass is 35.5. The first-order chi connectivity index (χ1) is 9.20. The van der Waals surface area contributed by atoms with Crippen LogP contribution in [0.1, 0.15) is 38.2 Å². The van der Waals surface area contributed by atoms with E-state index in [-0.39, 0.29) is 17.8 Å². The van der Waals surface area contributed by atoms with Crippen molar-refractivity contribution in [2.75, 3.05) is 19.6 Å². The third-order valence-electron chi connectivity index (χ3n) is 4.23. The Morgan fingerprint density at radius 1 is 1.45 bits per heavy atom. The first-order valence-electron chi connectivity index (χ1n) is 7.33. The van der Waals surface area contributed by atoms with Crippen LogP contribution in [0.2, 0.25) is 0 Å². The predicted molar refractivity (Wildman–Crippen MR) is 87.8 cm³/mol. The van der Waals surface area contributed by atoms with Gasteiger partial charge in [0.2, 0.25) is 0 Å². The normalized spacial score (nSPS) is 23.1. The Morgan fingerprint density at radius 3 is 2.90 bits per heavy atom. The van der Waals surface area contributed by atoms with E-state index in [1.54, 1.807) is 6.07 Å². The summed E-state index contributed by atoms with van der Waals surface area (Å²) in [4.78, 5) is 2.48. The van der Waals surface area contributed by atoms with Crippen LogP contribution < -0.4 is 0 Å². The van der Waals surface area contributed by atoms with Crippen molar-refractivity contribution in [2.24, 2.45) is 0 Å². The molecule has 1 atom stereocenters. The predicted octanol–water partition coefficient (Wildman–Crippen LogP) is 4.13. The third kappa shape index (κ3) is 3.77. The maximum Gasteiger partial charge on any atom is 0.115 e. The zero-order valence-corrected chi connectivity index (χ0v) is 13.2. The second kappa shape index (κ2) is 7.70. The molecular weight excluding hydrogens is 270 g/mol. The van der Waals surface area contributed by atoms with Gasteiger partial charge in [-0.25, -0.2) is 0 Å². The van der Waals surface area contributed by atoms with Crippen molar-refractivity contribution in [2.45, 2.75) is 38.0 Å². The van der Waals surface area contributed by atoms with Crippen LogP contribution in [0.15, 0.2) is 36.9 Å². The van der Waals surface area contributed by atoms with Gasteiger partial charge in [-0.1, -0.05) is 31.6 Å². The molecule has 3 heteroatoms. The van der Waals surface area contributed by atoms with E-state index in [0.717, 1.165) is 19.6 Å². The number of hydrogen-bond donors (Lipinski definition) is 1. The standard InChI is InChI=1S/C17H25NO.ClH/c1-3-9-17(15-7-5-8-16(19)13-15)10-6-12-18(14-17)11-4-2;/h4-5,7-8,13,19H,2-3,6,9-12,14H2,1H3;1H. The molecule has 1 aliphatic heterocycles. The molecule has 1 aromatic carbocycles. The first-order valence-corrected chi connectivity index (χ1v) is 7.33. The lowest BCUT2D eigenvalue weighted by Crippen LogP contribution is -2.46. The maximum atomic E-state index is 9.77. The highest BCUT2D eigenvalue weighted by Gasteiger charge is 2.36. The molecule has 1 aliphatic rings. The van der Waals surface area contributed by atoms with Gasteiger partial charge in [0.1, 0.15) is 5.75 Å². The van der Waals surface area contributed by atoms with Gasteiger partial charge in [-0.2, -0.15) is 0 Å². The summed E-state index contributed by atoms with van der Waals surface area (Å²) >= 11 is 0. The number of hydrogen-bond acceptors (Lipinski definition) is 2. The van der Waals surface area contributed by atoms with Crippen LogP contribution in [0.5, 0.6) is 5.75 Å². The molecule has 2 rings (SSSR count). The Kier molecular flexibility index (Phi) is 6.57. The van der Waals surface area contributed by atoms with Crippen LogP contribution in [0, 0.1) is 0 Å². The zero-order valence-electron chi connectivity index (χ0n) is 12.3. The van der Waals surface area contributed by atoms with Crippen molar-refractivity contribution < 1.29 is 5.11 Å². The minimum absolute atomic E-state index is 0. The van der Waals surface area contributed by atoms with Crippen LogP contribution in [-0.4, -0.2) is 29.6 Å². The Morgan fingerprint density at radius 2 is 2.25 bits per heavy atom. The monoisotopic (exact) mass is 295 g/mol. The van der Waals surface area contributed by atoms with E-state index in [2.05, 4.69) is 24.5 Å². The van der Waals surface area contributed by atoms with Gasteiger partial charge < -0.3 is 5.11 Å². The third-order valence-corrected chi connectivity index (χ3v) is 4.23. The summed E-state index contributed by atoms with van der Waals surface area (Å²) in [7, 11) is 0. The van der Waals surface area contributed by atoms with Gasteiger partial charge in [0.15, 0.2) is 0 Å². The van der Waals surface area contributed by atoms with E-state index in [4.69, 9.17) is 0 Å². The Balaban J connectivity index is 0.00000200. The van der Waals surface area contributed by atoms with Crippen molar-refractivity contribution in [1.82, 2.24) is 4.90 Å². The van der Waals surface area contributed by atoms with E-state index in [9.17, 15) is 5.11 Å². The van der Waals surface area contributed by atoms with Crippen LogP contribution in [0.4, 0.5) is 0 Å². The second-order valence-electron chi connectivity index (χ2n) is 5.71. The number of benzene rings is 1. The number of phenolic OH excluding ortho intramolecular Hbond substituents is 1. The molecule has 1 fully saturated rings. The van der Waals surface area contributed by atoms with E-state index >= 15 is 0 Å². The van der Waals surface area contributed by atoms with Crippen molar-refractivity contribution in [1.29, 1.82) is 0 Å². The minimum atomic E-state index is 0. The molecule has 1 unspecified atom stereocenters. The topological polar surface area (TPSA) is 23.5 Å². The van der Waals surface area contributed by atoms with Gasteiger partial charge in [0.25, 0.3) is 0 Å². The van der Waals surface area contributed by atoms with Crippen LogP contribution >= 0.6 is 12.4 Å². The van der Waals surface area contributed by atoms with Crippen LogP contribution in [0.25, 0.3) is 0 Å². The molecule has 0 radical (unpaired) electrons. The second-order valence-corrected chi connectivity index (χ2v) is 5.71. The number of nitrogens with zero attached hydrogens (tertiary/aromatic N) is 1. The molecule has 0 aliphatic carbocycles. The molecule has 0 amide bonds. The van der Waals surface area contributed by atoms with Gasteiger partial charge in [-0.05, 0) is 43.5 Å². The molecule has 0 saturated carbocycles. The molecule has 1 heterocycles. The molecule has 0 bridgehead atoms. The average Bonchev–Trinajstić information content (AvgIpc) is 2.40. The van der Waals surface area contributed by atoms with Gasteiger partial charge >= 0.3 is 0 Å². The van der Waals surface area contributed by atoms with Crippen molar-refractivity contribution in [3.8, 4) is 5.75 Å². The van der Waals surface area contributed by atoms with Crippen molar-refractivity contribution in [3.05, 3.63) is 42.5 Å². The molecule has 1 N–H and O–H groups in total. The molecule has 20 heavy (non-hydrogen) atoms. The number of rotatable bonds is 5. The van der Waals surface area contributed by atoms with Gasteiger partial charge in [0.05, 0.1) is 0 Å². The van der Waals surface area contributed by atoms with Gasteiger partial charge in [0, 0.05) is 18.5 Å². The quantitative estimate of drug-likeness (QED) is 0.826. The van der Waals surface area contributed by atoms with Crippen molar-refractivity contribution >= 4 is 12.4 Å². The fourth-order valence-electron chi connectivity index (χ4n) is 3.46. The number of likely N-dealkylation sites (tertiary alicyclic amines) is 1. The molecular formula is C17H26ClNO. The lowest BCUT2D eigenvalue weighted by atomic mass is 9.71. The average molecular weight is 296 g/mol. The highest BCUT2D eigenvalue weighted by molar-refractivity contribution is 5.85. The molecule has 1 aromatic rings. The summed E-state index contributed by atoms with van der Waals surface area (Å²) in [6, 6.07) is 7.85. The molecule has 2 nitrogen and oxygen atoms in total. The highest BCUT2D eigenvalue weighted by Crippen LogP contribution is 2.39. The van der Waals surface area contributed by atoms with Gasteiger partial charge in [-0.15, -0.1) is 19.0 Å². The Labute approximate surface area is 128 Å². The molecule has 0 spiro atoms. The SMILES string of the molecule is C=CCN1CCCC(CCC)(c2cccc(O)c2)C1.Cl. The van der Waals surface area contributed by atoms with E-state index in [1.165, 1.54) is 31.2 Å². The molecule has 0 aromatic heterocycles. The number of halogens is 1. The largest absolute Gasteiger partial charge is 0.508 e. The summed E-state index contributed by atoms with van der Waals surface area (Å²) in [5.41, 5.74) is 1.50. The van der Waals surface area contributed by atoms with E-state index in [1.807, 2.05) is 18.2 Å². The number of piperidine rings is 1. The van der Waals surface area contributed by atoms with E-state index < -0.39 is 0 Å². The van der Waals surface area contributed by atoms with Crippen molar-refractivity contribution in [3.63, 3.8) is 0 Å². The minimum Gasteiger partial charge on any atom is -0.508 e. The van der Waals surface area contributed by atoms with E-state index in [0.29, 0.717) is 5.75 Å². The summed E-state index contributed by atoms with van der Waals surface area (Å²) in [5, 5.41) is 9.77. The smallest absolute Gasteiger partial charge is 0.115 e. The lowest BCUT2D eigenvalue weighted by molar-refractivity contribution is 0.150. The Bertz CT molecular complexity index is 431. The lowest BCUT2D eigenvalue weighted by Gasteiger charge is -2.43. The van der Waals surface area contributed by atoms with Gasteiger partial charge in [-0.3, -0.25) is 4.90 Å². The number of phenols is 1. The molecule has 1 saturated heterocycles. The number of aromatic hydroxyl groups is 1. The van der Waals surface area contributed by atoms with Crippen LogP contribution in [0.3, 0.4) is 0 Å². The fourth-order valence-corrected chi connectivity index (χ4v) is 3.46. The molecule has 112 valence electrons. The Hall–Kier alpha value is -0.990.